The van der Waals surface area contributed by atoms with E-state index >= 15 is 0 Å². The monoisotopic (exact) mass is 412 g/mol. The van der Waals surface area contributed by atoms with E-state index in [1.54, 1.807) is 12.4 Å². The predicted molar refractivity (Wildman–Crippen MR) is 118 cm³/mol. The van der Waals surface area contributed by atoms with Crippen LogP contribution < -0.4 is 5.32 Å². The molecule has 0 aliphatic heterocycles. The molecule has 0 bridgehead atoms. The van der Waals surface area contributed by atoms with Crippen LogP contribution in [-0.2, 0) is 22.6 Å². The Hall–Kier alpha value is -2.90. The van der Waals surface area contributed by atoms with Gasteiger partial charge in [-0.25, -0.2) is 4.98 Å². The van der Waals surface area contributed by atoms with Crippen LogP contribution in [0.2, 0.25) is 0 Å². The second kappa shape index (κ2) is 9.73. The number of ether oxygens (including phenoxy) is 1. The lowest BCUT2D eigenvalue weighted by atomic mass is 9.91. The molecule has 30 heavy (non-hydrogen) atoms. The van der Waals surface area contributed by atoms with Crippen molar-refractivity contribution in [2.45, 2.75) is 66.7 Å². The van der Waals surface area contributed by atoms with Crippen LogP contribution in [0, 0.1) is 11.8 Å². The number of nitrogens with zero attached hydrogens (tertiary/aromatic N) is 5. The molecule has 0 saturated carbocycles. The number of esters is 1. The third-order valence-electron chi connectivity index (χ3n) is 5.08. The van der Waals surface area contributed by atoms with Crippen LogP contribution in [0.1, 0.15) is 47.5 Å². The van der Waals surface area contributed by atoms with Gasteiger partial charge in [0.15, 0.2) is 0 Å². The molecule has 0 aliphatic rings. The fraction of sp³-hybridized carbons (Fsp3) is 0.545. The van der Waals surface area contributed by atoms with E-state index in [1.165, 1.54) is 17.5 Å². The zero-order valence-electron chi connectivity index (χ0n) is 18.5. The van der Waals surface area contributed by atoms with Gasteiger partial charge in [-0.15, -0.1) is 0 Å². The molecule has 3 aromatic rings. The number of carbonyl (C=O) groups is 1. The topological polar surface area (TPSA) is 86.9 Å². The van der Waals surface area contributed by atoms with Crippen molar-refractivity contribution in [3.63, 3.8) is 0 Å². The van der Waals surface area contributed by atoms with Crippen molar-refractivity contribution in [2.75, 3.05) is 5.32 Å². The Morgan fingerprint density at radius 3 is 2.73 bits per heavy atom. The average Bonchev–Trinajstić information content (AvgIpc) is 3.27. The molecular weight excluding hydrogens is 380 g/mol. The van der Waals surface area contributed by atoms with Gasteiger partial charge in [-0.3, -0.25) is 9.48 Å². The van der Waals surface area contributed by atoms with E-state index in [4.69, 9.17) is 9.72 Å². The third kappa shape index (κ3) is 5.58. The maximum absolute atomic E-state index is 11.8. The summed E-state index contributed by atoms with van der Waals surface area (Å²) in [4.78, 5) is 20.9. The first kappa shape index (κ1) is 21.8. The summed E-state index contributed by atoms with van der Waals surface area (Å²) in [5, 5.41) is 8.40. The molecule has 0 amide bonds. The van der Waals surface area contributed by atoms with Crippen molar-refractivity contribution < 1.29 is 9.53 Å². The number of hydrogen-bond donors (Lipinski definition) is 1. The summed E-state index contributed by atoms with van der Waals surface area (Å²) in [6.07, 6.45) is 9.54. The summed E-state index contributed by atoms with van der Waals surface area (Å²) in [6.45, 7) is 11.4. The van der Waals surface area contributed by atoms with Crippen molar-refractivity contribution in [1.29, 1.82) is 0 Å². The van der Waals surface area contributed by atoms with Gasteiger partial charge in [-0.05, 0) is 38.2 Å². The Labute approximate surface area is 177 Å². The molecule has 3 heterocycles. The highest BCUT2D eigenvalue weighted by atomic mass is 16.5. The quantitative estimate of drug-likeness (QED) is 0.497. The molecule has 0 saturated heterocycles. The van der Waals surface area contributed by atoms with E-state index < -0.39 is 0 Å². The Kier molecular flexibility index (Phi) is 7.07. The van der Waals surface area contributed by atoms with Crippen LogP contribution in [0.3, 0.4) is 0 Å². The second-order valence-corrected chi connectivity index (χ2v) is 8.32. The van der Waals surface area contributed by atoms with Gasteiger partial charge in [0.05, 0.1) is 18.0 Å². The lowest BCUT2D eigenvalue weighted by Crippen LogP contribution is -2.17. The first-order chi connectivity index (χ1) is 14.4. The fourth-order valence-corrected chi connectivity index (χ4v) is 3.51. The first-order valence-electron chi connectivity index (χ1n) is 10.7. The van der Waals surface area contributed by atoms with Gasteiger partial charge in [0.25, 0.3) is 0 Å². The van der Waals surface area contributed by atoms with Crippen molar-refractivity contribution in [3.8, 4) is 0 Å². The minimum atomic E-state index is -0.318. The maximum Gasteiger partial charge on any atom is 0.328 e. The highest BCUT2D eigenvalue weighted by Crippen LogP contribution is 2.23. The Morgan fingerprint density at radius 1 is 1.23 bits per heavy atom. The molecule has 0 spiro atoms. The van der Waals surface area contributed by atoms with Crippen LogP contribution in [0.25, 0.3) is 11.0 Å². The van der Waals surface area contributed by atoms with E-state index in [0.717, 1.165) is 23.3 Å². The first-order valence-corrected chi connectivity index (χ1v) is 10.7. The van der Waals surface area contributed by atoms with Gasteiger partial charge < -0.3 is 14.6 Å². The van der Waals surface area contributed by atoms with E-state index in [1.807, 2.05) is 20.0 Å². The molecule has 162 valence electrons. The Morgan fingerprint density at radius 2 is 2.03 bits per heavy atom. The highest BCUT2D eigenvalue weighted by Gasteiger charge is 2.15. The van der Waals surface area contributed by atoms with Crippen LogP contribution >= 0.6 is 0 Å². The molecule has 1 N–H and O–H groups in total. The average molecular weight is 413 g/mol. The predicted octanol–water partition coefficient (Wildman–Crippen LogP) is 4.40. The minimum Gasteiger partial charge on any atom is -0.462 e. The van der Waals surface area contributed by atoms with Crippen LogP contribution in [0.4, 0.5) is 11.6 Å². The Balaban J connectivity index is 1.72. The summed E-state index contributed by atoms with van der Waals surface area (Å²) in [5.41, 5.74) is 1.64. The number of nitrogens with one attached hydrogen (secondary N) is 1. The van der Waals surface area contributed by atoms with Gasteiger partial charge in [0.2, 0.25) is 5.95 Å². The number of fused-ring (bicyclic) bond motifs is 1. The number of anilines is 2. The van der Waals surface area contributed by atoms with E-state index in [2.05, 4.69) is 53.0 Å². The van der Waals surface area contributed by atoms with Gasteiger partial charge in [-0.2, -0.15) is 10.1 Å². The van der Waals surface area contributed by atoms with Crippen molar-refractivity contribution in [2.24, 2.45) is 11.8 Å². The lowest BCUT2D eigenvalue weighted by molar-refractivity contribution is -0.148. The summed E-state index contributed by atoms with van der Waals surface area (Å²) >= 11 is 0. The molecule has 3 rings (SSSR count). The Bertz CT molecular complexity index is 975. The zero-order chi connectivity index (χ0) is 21.7. The summed E-state index contributed by atoms with van der Waals surface area (Å²) in [6, 6.07) is 2.06. The molecule has 0 aromatic carbocycles. The van der Waals surface area contributed by atoms with Crippen LogP contribution in [0.5, 0.6) is 0 Å². The standard InChI is InChI=1S/C22H32N6O2/c1-6-7-18(15(2)3)12-27-9-8-17-10-23-22(26-21(17)27)25-19-11-24-28(13-19)14-20(29)30-16(4)5/h8-11,13,15-16,18H,6-7,12,14H2,1-5H3,(H,23,25,26)/t18-/m1/s1. The van der Waals surface area contributed by atoms with Gasteiger partial charge >= 0.3 is 5.97 Å². The van der Waals surface area contributed by atoms with E-state index in [-0.39, 0.29) is 18.6 Å². The van der Waals surface area contributed by atoms with Crippen molar-refractivity contribution in [1.82, 2.24) is 24.3 Å². The number of hydrogen-bond acceptors (Lipinski definition) is 6. The fourth-order valence-electron chi connectivity index (χ4n) is 3.51. The molecule has 0 unspecified atom stereocenters. The number of aromatic nitrogens is 5. The SMILES string of the molecule is CCC[C@H](Cn1ccc2cnc(Nc3cnn(CC(=O)OC(C)C)c3)nc21)C(C)C. The van der Waals surface area contributed by atoms with Crippen molar-refractivity contribution >= 4 is 28.6 Å². The van der Waals surface area contributed by atoms with Gasteiger partial charge in [0.1, 0.15) is 12.2 Å². The number of carbonyl (C=O) groups excluding carboxylic acids is 1. The minimum absolute atomic E-state index is 0.0661. The molecule has 8 heteroatoms. The van der Waals surface area contributed by atoms with Gasteiger partial charge in [0, 0.05) is 30.5 Å². The van der Waals surface area contributed by atoms with E-state index in [0.29, 0.717) is 17.8 Å². The molecule has 8 nitrogen and oxygen atoms in total. The molecule has 0 radical (unpaired) electrons. The zero-order valence-corrected chi connectivity index (χ0v) is 18.5. The molecule has 3 aromatic heterocycles. The molecule has 0 aliphatic carbocycles. The summed E-state index contributed by atoms with van der Waals surface area (Å²) < 4.78 is 8.90. The third-order valence-corrected chi connectivity index (χ3v) is 5.08. The van der Waals surface area contributed by atoms with Crippen LogP contribution in [-0.4, -0.2) is 36.4 Å². The van der Waals surface area contributed by atoms with Gasteiger partial charge in [-0.1, -0.05) is 27.2 Å². The van der Waals surface area contributed by atoms with E-state index in [9.17, 15) is 4.79 Å². The van der Waals surface area contributed by atoms with Crippen LogP contribution in [0.15, 0.2) is 30.9 Å². The molecule has 1 atom stereocenters. The second-order valence-electron chi connectivity index (χ2n) is 8.32. The molecule has 0 fully saturated rings. The summed E-state index contributed by atoms with van der Waals surface area (Å²) in [7, 11) is 0. The lowest BCUT2D eigenvalue weighted by Gasteiger charge is -2.21. The molecular formula is C22H32N6O2. The normalized spacial score (nSPS) is 12.6. The summed E-state index contributed by atoms with van der Waals surface area (Å²) in [5.74, 6) is 1.42. The maximum atomic E-state index is 11.8. The number of rotatable bonds is 10. The largest absolute Gasteiger partial charge is 0.462 e. The smallest absolute Gasteiger partial charge is 0.328 e. The van der Waals surface area contributed by atoms with Crippen molar-refractivity contribution in [3.05, 3.63) is 30.9 Å². The highest BCUT2D eigenvalue weighted by molar-refractivity contribution is 5.76.